The van der Waals surface area contributed by atoms with E-state index in [-0.39, 0.29) is 11.9 Å². The van der Waals surface area contributed by atoms with Crippen molar-refractivity contribution in [3.05, 3.63) is 70.8 Å². The Bertz CT molecular complexity index is 886. The Morgan fingerprint density at radius 1 is 1.07 bits per heavy atom. The van der Waals surface area contributed by atoms with Gasteiger partial charge in [0, 0.05) is 12.1 Å². The van der Waals surface area contributed by atoms with Crippen molar-refractivity contribution >= 4 is 15.9 Å². The molecule has 1 amide bonds. The van der Waals surface area contributed by atoms with E-state index < -0.39 is 10.0 Å². The molecule has 0 heterocycles. The van der Waals surface area contributed by atoms with Crippen LogP contribution in [0.4, 0.5) is 0 Å². The van der Waals surface area contributed by atoms with Crippen molar-refractivity contribution in [2.24, 2.45) is 5.92 Å². The van der Waals surface area contributed by atoms with Gasteiger partial charge in [-0.1, -0.05) is 42.0 Å². The second kappa shape index (κ2) is 8.23. The summed E-state index contributed by atoms with van der Waals surface area (Å²) in [6.07, 6.45) is 4.02. The van der Waals surface area contributed by atoms with Crippen molar-refractivity contribution in [2.45, 2.75) is 32.2 Å². The molecule has 0 saturated heterocycles. The zero-order chi connectivity index (χ0) is 19.4. The van der Waals surface area contributed by atoms with E-state index in [0.717, 1.165) is 30.2 Å². The molecule has 1 atom stereocenters. The number of sulfonamides is 1. The van der Waals surface area contributed by atoms with Crippen LogP contribution < -0.4 is 10.0 Å². The molecule has 2 aromatic carbocycles. The van der Waals surface area contributed by atoms with Crippen LogP contribution in [0.5, 0.6) is 0 Å². The Kier molecular flexibility index (Phi) is 5.97. The molecule has 0 spiro atoms. The monoisotopic (exact) mass is 386 g/mol. The third-order valence-corrected chi connectivity index (χ3v) is 5.54. The highest BCUT2D eigenvalue weighted by Gasteiger charge is 2.33. The lowest BCUT2D eigenvalue weighted by Gasteiger charge is -2.19. The summed E-state index contributed by atoms with van der Waals surface area (Å²) in [6.45, 7) is 2.41. The van der Waals surface area contributed by atoms with E-state index in [4.69, 9.17) is 0 Å². The van der Waals surface area contributed by atoms with Crippen molar-refractivity contribution in [1.29, 1.82) is 0 Å². The second-order valence-electron chi connectivity index (χ2n) is 7.31. The molecule has 27 heavy (non-hydrogen) atoms. The Labute approximate surface area is 161 Å². The lowest BCUT2D eigenvalue weighted by Crippen LogP contribution is -2.29. The van der Waals surface area contributed by atoms with E-state index in [0.29, 0.717) is 24.4 Å². The molecule has 144 valence electrons. The molecule has 5 nitrogen and oxygen atoms in total. The van der Waals surface area contributed by atoms with Crippen LogP contribution in [-0.2, 0) is 16.4 Å². The maximum atomic E-state index is 12.7. The van der Waals surface area contributed by atoms with Crippen LogP contribution in [0.2, 0.25) is 0 Å². The first-order valence-electron chi connectivity index (χ1n) is 9.23. The minimum Gasteiger partial charge on any atom is -0.345 e. The highest BCUT2D eigenvalue weighted by molar-refractivity contribution is 7.88. The van der Waals surface area contributed by atoms with E-state index in [1.165, 1.54) is 5.56 Å². The van der Waals surface area contributed by atoms with Gasteiger partial charge in [0.15, 0.2) is 0 Å². The van der Waals surface area contributed by atoms with Crippen LogP contribution in [-0.4, -0.2) is 27.1 Å². The summed E-state index contributed by atoms with van der Waals surface area (Å²) in [6, 6.07) is 15.7. The quantitative estimate of drug-likeness (QED) is 0.732. The number of carbonyl (C=O) groups is 1. The summed E-state index contributed by atoms with van der Waals surface area (Å²) in [5, 5.41) is 3.18. The third kappa shape index (κ3) is 5.91. The molecular weight excluding hydrogens is 360 g/mol. The standard InChI is InChI=1S/C21H26N2O3S/c1-15-3-7-17(8-4-15)20(18-11-12-18)23-21(24)19-9-5-16(6-10-19)13-14-22-27(2,25)26/h3-10,18,20,22H,11-14H2,1-2H3,(H,23,24)/t20-/m1/s1. The second-order valence-corrected chi connectivity index (χ2v) is 9.15. The fraction of sp³-hybridized carbons (Fsp3) is 0.381. The predicted molar refractivity (Wildman–Crippen MR) is 107 cm³/mol. The molecule has 1 aliphatic carbocycles. The first kappa shape index (κ1) is 19.6. The minimum atomic E-state index is -3.17. The fourth-order valence-electron chi connectivity index (χ4n) is 3.10. The summed E-state index contributed by atoms with van der Waals surface area (Å²) < 4.78 is 24.7. The average molecular weight is 387 g/mol. The van der Waals surface area contributed by atoms with E-state index in [9.17, 15) is 13.2 Å². The van der Waals surface area contributed by atoms with Gasteiger partial charge in [0.05, 0.1) is 12.3 Å². The van der Waals surface area contributed by atoms with Crippen LogP contribution >= 0.6 is 0 Å². The Balaban J connectivity index is 1.62. The number of benzene rings is 2. The summed E-state index contributed by atoms with van der Waals surface area (Å²) in [7, 11) is -3.17. The SMILES string of the molecule is Cc1ccc([C@@H](NC(=O)c2ccc(CCNS(C)(=O)=O)cc2)C2CC2)cc1. The number of aryl methyl sites for hydroxylation is 1. The van der Waals surface area contributed by atoms with E-state index in [1.807, 2.05) is 12.1 Å². The summed E-state index contributed by atoms with van der Waals surface area (Å²) in [4.78, 5) is 12.7. The van der Waals surface area contributed by atoms with Gasteiger partial charge in [0.1, 0.15) is 0 Å². The van der Waals surface area contributed by atoms with Gasteiger partial charge in [-0.05, 0) is 55.4 Å². The van der Waals surface area contributed by atoms with Crippen LogP contribution in [0, 0.1) is 12.8 Å². The van der Waals surface area contributed by atoms with Crippen LogP contribution in [0.25, 0.3) is 0 Å². The van der Waals surface area contributed by atoms with E-state index in [1.54, 1.807) is 12.1 Å². The summed E-state index contributed by atoms with van der Waals surface area (Å²) in [5.74, 6) is 0.436. The number of nitrogens with one attached hydrogen (secondary N) is 2. The largest absolute Gasteiger partial charge is 0.345 e. The van der Waals surface area contributed by atoms with Gasteiger partial charge in [-0.2, -0.15) is 0 Å². The predicted octanol–water partition coefficient (Wildman–Crippen LogP) is 2.97. The highest BCUT2D eigenvalue weighted by atomic mass is 32.2. The van der Waals surface area contributed by atoms with Crippen LogP contribution in [0.1, 0.15) is 45.9 Å². The van der Waals surface area contributed by atoms with Gasteiger partial charge in [-0.15, -0.1) is 0 Å². The van der Waals surface area contributed by atoms with Crippen molar-refractivity contribution in [2.75, 3.05) is 12.8 Å². The number of rotatable bonds is 8. The van der Waals surface area contributed by atoms with E-state index in [2.05, 4.69) is 41.2 Å². The van der Waals surface area contributed by atoms with Crippen molar-refractivity contribution in [3.63, 3.8) is 0 Å². The Morgan fingerprint density at radius 3 is 2.26 bits per heavy atom. The highest BCUT2D eigenvalue weighted by Crippen LogP contribution is 2.41. The van der Waals surface area contributed by atoms with Gasteiger partial charge in [-0.3, -0.25) is 4.79 Å². The van der Waals surface area contributed by atoms with Gasteiger partial charge in [0.25, 0.3) is 5.91 Å². The molecule has 0 aliphatic heterocycles. The maximum Gasteiger partial charge on any atom is 0.251 e. The molecule has 1 aliphatic rings. The summed E-state index contributed by atoms with van der Waals surface area (Å²) >= 11 is 0. The van der Waals surface area contributed by atoms with Gasteiger partial charge < -0.3 is 5.32 Å². The summed E-state index contributed by atoms with van der Waals surface area (Å²) in [5.41, 5.74) is 3.97. The molecule has 6 heteroatoms. The molecular formula is C21H26N2O3S. The van der Waals surface area contributed by atoms with Gasteiger partial charge >= 0.3 is 0 Å². The zero-order valence-corrected chi connectivity index (χ0v) is 16.6. The van der Waals surface area contributed by atoms with Gasteiger partial charge in [0.2, 0.25) is 10.0 Å². The lowest BCUT2D eigenvalue weighted by molar-refractivity contribution is 0.0931. The molecule has 2 aromatic rings. The molecule has 3 rings (SSSR count). The van der Waals surface area contributed by atoms with Crippen LogP contribution in [0.15, 0.2) is 48.5 Å². The third-order valence-electron chi connectivity index (χ3n) is 4.81. The van der Waals surface area contributed by atoms with Crippen molar-refractivity contribution in [1.82, 2.24) is 10.0 Å². The first-order chi connectivity index (χ1) is 12.8. The molecule has 0 unspecified atom stereocenters. The molecule has 1 saturated carbocycles. The molecule has 1 fully saturated rings. The number of amides is 1. The van der Waals surface area contributed by atoms with Crippen molar-refractivity contribution in [3.8, 4) is 0 Å². The van der Waals surface area contributed by atoms with Gasteiger partial charge in [-0.25, -0.2) is 13.1 Å². The number of hydrogen-bond acceptors (Lipinski definition) is 3. The smallest absolute Gasteiger partial charge is 0.251 e. The topological polar surface area (TPSA) is 75.3 Å². The van der Waals surface area contributed by atoms with Crippen molar-refractivity contribution < 1.29 is 13.2 Å². The molecule has 0 radical (unpaired) electrons. The average Bonchev–Trinajstić information content (AvgIpc) is 3.45. The Morgan fingerprint density at radius 2 is 1.70 bits per heavy atom. The normalized spacial score (nSPS) is 15.3. The lowest BCUT2D eigenvalue weighted by atomic mass is 10.0. The zero-order valence-electron chi connectivity index (χ0n) is 15.7. The molecule has 0 bridgehead atoms. The fourth-order valence-corrected chi connectivity index (χ4v) is 3.58. The minimum absolute atomic E-state index is 0.0525. The molecule has 2 N–H and O–H groups in total. The first-order valence-corrected chi connectivity index (χ1v) is 11.1. The maximum absolute atomic E-state index is 12.7. The number of hydrogen-bond donors (Lipinski definition) is 2. The number of carbonyl (C=O) groups excluding carboxylic acids is 1. The van der Waals surface area contributed by atoms with E-state index >= 15 is 0 Å². The van der Waals surface area contributed by atoms with Crippen LogP contribution in [0.3, 0.4) is 0 Å². The Hall–Kier alpha value is -2.18. The molecule has 0 aromatic heterocycles.